The third-order valence-corrected chi connectivity index (χ3v) is 18.4. The highest BCUT2D eigenvalue weighted by molar-refractivity contribution is 7.25. The summed E-state index contributed by atoms with van der Waals surface area (Å²) in [6, 6.07) is 100. The molecule has 78 heavy (non-hydrogen) atoms. The Balaban J connectivity index is 0.857. The number of benzene rings is 12. The average molecular weight is 1010 g/mol. The molecule has 2 aliphatic carbocycles. The van der Waals surface area contributed by atoms with E-state index in [2.05, 4.69) is 278 Å². The molecule has 17 rings (SSSR count). The average Bonchev–Trinajstić information content (AvgIpc) is 4.11. The molecule has 12 aromatic carbocycles. The van der Waals surface area contributed by atoms with E-state index in [4.69, 9.17) is 9.47 Å². The zero-order valence-electron chi connectivity index (χ0n) is 42.2. The minimum Gasteiger partial charge on any atom is -0.457 e. The van der Waals surface area contributed by atoms with Crippen molar-refractivity contribution in [1.29, 1.82) is 0 Å². The molecule has 0 unspecified atom stereocenters. The van der Waals surface area contributed by atoms with Gasteiger partial charge in [-0.2, -0.15) is 0 Å². The van der Waals surface area contributed by atoms with Gasteiger partial charge in [-0.1, -0.05) is 206 Å². The third-order valence-electron chi connectivity index (χ3n) is 17.2. The molecule has 1 aromatic heterocycles. The smallest absolute Gasteiger partial charge is 0.132 e. The Hall–Kier alpha value is -9.74. The van der Waals surface area contributed by atoms with Crippen LogP contribution in [-0.2, 0) is 10.8 Å². The lowest BCUT2D eigenvalue weighted by molar-refractivity contribution is 0.436. The summed E-state index contributed by atoms with van der Waals surface area (Å²) >= 11 is 1.86. The van der Waals surface area contributed by atoms with Crippen LogP contribution in [0, 0.1) is 0 Å². The van der Waals surface area contributed by atoms with E-state index in [0.29, 0.717) is 0 Å². The largest absolute Gasteiger partial charge is 0.457 e. The predicted molar refractivity (Wildman–Crippen MR) is 320 cm³/mol. The Morgan fingerprint density at radius 3 is 1.27 bits per heavy atom. The normalized spacial score (nSPS) is 14.1. The second-order valence-electron chi connectivity index (χ2n) is 20.9. The van der Waals surface area contributed by atoms with Crippen molar-refractivity contribution in [1.82, 2.24) is 0 Å². The second kappa shape index (κ2) is 16.4. The molecular formula is C74H45NO2S. The Bertz CT molecular complexity index is 4550. The van der Waals surface area contributed by atoms with E-state index in [-0.39, 0.29) is 0 Å². The summed E-state index contributed by atoms with van der Waals surface area (Å²) in [5, 5.41) is 2.62. The van der Waals surface area contributed by atoms with Crippen molar-refractivity contribution in [3.05, 3.63) is 317 Å². The second-order valence-corrected chi connectivity index (χ2v) is 22.0. The molecular weight excluding hydrogens is 967 g/mol. The molecule has 0 atom stereocenters. The fraction of sp³-hybridized carbons (Fsp3) is 0.0270. The van der Waals surface area contributed by atoms with Gasteiger partial charge in [-0.15, -0.1) is 11.3 Å². The topological polar surface area (TPSA) is 21.7 Å². The van der Waals surface area contributed by atoms with Crippen molar-refractivity contribution < 1.29 is 9.47 Å². The Kier molecular flexibility index (Phi) is 9.14. The Labute approximate surface area is 456 Å². The number of fused-ring (bicyclic) bond motifs is 21. The highest BCUT2D eigenvalue weighted by atomic mass is 32.1. The summed E-state index contributed by atoms with van der Waals surface area (Å²) in [7, 11) is 0. The van der Waals surface area contributed by atoms with Gasteiger partial charge in [0.15, 0.2) is 0 Å². The van der Waals surface area contributed by atoms with E-state index in [1.807, 2.05) is 11.3 Å². The van der Waals surface area contributed by atoms with E-state index < -0.39 is 10.8 Å². The number of para-hydroxylation sites is 4. The van der Waals surface area contributed by atoms with Crippen molar-refractivity contribution in [2.24, 2.45) is 0 Å². The molecule has 0 N–H and O–H groups in total. The SMILES string of the molecule is c1ccc2c(c1)Oc1ccccc1C21c2ccccc2-c2c(-c3ccc(N(c4ccc(-c5ccc6c(c5)sc5ccccc56)cc4)c4cccc5c4-c4ccccc4C54c5ccccc5Oc5ccccc54)cc3)cccc21. The molecule has 0 saturated carbocycles. The molecule has 4 aliphatic rings. The molecule has 2 aliphatic heterocycles. The molecule has 0 radical (unpaired) electrons. The molecule has 4 heteroatoms. The summed E-state index contributed by atoms with van der Waals surface area (Å²) in [5.74, 6) is 3.55. The van der Waals surface area contributed by atoms with E-state index >= 15 is 0 Å². The first-order valence-corrected chi connectivity index (χ1v) is 27.6. The van der Waals surface area contributed by atoms with E-state index in [9.17, 15) is 0 Å². The van der Waals surface area contributed by atoms with Crippen LogP contribution in [0.5, 0.6) is 23.0 Å². The number of anilines is 3. The van der Waals surface area contributed by atoms with Crippen molar-refractivity contribution in [2.45, 2.75) is 10.8 Å². The van der Waals surface area contributed by atoms with Crippen molar-refractivity contribution in [3.63, 3.8) is 0 Å². The van der Waals surface area contributed by atoms with E-state index in [1.165, 1.54) is 81.4 Å². The van der Waals surface area contributed by atoms with Crippen molar-refractivity contribution in [2.75, 3.05) is 4.90 Å². The maximum Gasteiger partial charge on any atom is 0.132 e. The van der Waals surface area contributed by atoms with E-state index in [0.717, 1.165) is 67.9 Å². The van der Waals surface area contributed by atoms with Gasteiger partial charge in [0.25, 0.3) is 0 Å². The zero-order valence-corrected chi connectivity index (χ0v) is 43.0. The Morgan fingerprint density at radius 2 is 0.692 bits per heavy atom. The third kappa shape index (κ3) is 5.82. The quantitative estimate of drug-likeness (QED) is 0.171. The van der Waals surface area contributed by atoms with Gasteiger partial charge in [-0.25, -0.2) is 0 Å². The van der Waals surface area contributed by atoms with Crippen LogP contribution in [0.1, 0.15) is 44.5 Å². The number of nitrogens with zero attached hydrogens (tertiary/aromatic N) is 1. The van der Waals surface area contributed by atoms with Gasteiger partial charge in [0.1, 0.15) is 23.0 Å². The first-order valence-electron chi connectivity index (χ1n) is 26.8. The first-order chi connectivity index (χ1) is 38.7. The summed E-state index contributed by atoms with van der Waals surface area (Å²) in [5.41, 5.74) is 21.4. The predicted octanol–water partition coefficient (Wildman–Crippen LogP) is 19.8. The molecule has 3 nitrogen and oxygen atoms in total. The van der Waals surface area contributed by atoms with Gasteiger partial charge < -0.3 is 14.4 Å². The summed E-state index contributed by atoms with van der Waals surface area (Å²) in [6.07, 6.45) is 0. The Morgan fingerprint density at radius 1 is 0.282 bits per heavy atom. The van der Waals surface area contributed by atoms with Gasteiger partial charge in [0, 0.05) is 59.4 Å². The molecule has 2 spiro atoms. The lowest BCUT2D eigenvalue weighted by Crippen LogP contribution is -2.32. The maximum atomic E-state index is 6.74. The first kappa shape index (κ1) is 43.5. The van der Waals surface area contributed by atoms with Crippen molar-refractivity contribution >= 4 is 48.6 Å². The number of hydrogen-bond acceptors (Lipinski definition) is 4. The van der Waals surface area contributed by atoms with Gasteiger partial charge in [0.2, 0.25) is 0 Å². The lowest BCUT2D eigenvalue weighted by atomic mass is 9.66. The minimum atomic E-state index is -0.606. The van der Waals surface area contributed by atoms with Crippen LogP contribution in [-0.4, -0.2) is 0 Å². The standard InChI is InChI=1S/C74H45NO2S/c1-4-21-56-54(18-1)71-51(20-15-27-62(71)73(56)58-23-6-10-30-65(58)76-66-31-11-7-24-59(66)73)47-37-42-50(43-38-47)75(49-40-35-46(36-41-49)48-39-44-53-52-17-3-14-34-69(52)78-70(53)45-48)64-29-16-28-63-72(64)55-19-2-5-22-57(55)74(63)60-25-8-12-32-67(60)77-68-33-13-9-26-61(68)74/h1-45H. The van der Waals surface area contributed by atoms with Gasteiger partial charge in [-0.3, -0.25) is 0 Å². The summed E-state index contributed by atoms with van der Waals surface area (Å²) < 4.78 is 16.0. The molecule has 0 fully saturated rings. The monoisotopic (exact) mass is 1010 g/mol. The summed E-state index contributed by atoms with van der Waals surface area (Å²) in [6.45, 7) is 0. The molecule has 3 heterocycles. The van der Waals surface area contributed by atoms with Gasteiger partial charge in [0.05, 0.1) is 16.5 Å². The van der Waals surface area contributed by atoms with Crippen LogP contribution in [0.4, 0.5) is 17.1 Å². The van der Waals surface area contributed by atoms with Crippen LogP contribution in [0.2, 0.25) is 0 Å². The number of thiophene rings is 1. The molecule has 13 aromatic rings. The fourth-order valence-corrected chi connectivity index (χ4v) is 15.3. The zero-order chi connectivity index (χ0) is 51.1. The summed E-state index contributed by atoms with van der Waals surface area (Å²) in [4.78, 5) is 2.48. The van der Waals surface area contributed by atoms with Crippen molar-refractivity contribution in [3.8, 4) is 67.5 Å². The van der Waals surface area contributed by atoms with Crippen LogP contribution in [0.15, 0.2) is 273 Å². The van der Waals surface area contributed by atoms with Crippen LogP contribution < -0.4 is 14.4 Å². The molecule has 0 saturated heterocycles. The van der Waals surface area contributed by atoms with Gasteiger partial charge in [-0.05, 0) is 128 Å². The van der Waals surface area contributed by atoms with E-state index in [1.54, 1.807) is 0 Å². The highest BCUT2D eigenvalue weighted by Gasteiger charge is 2.53. The van der Waals surface area contributed by atoms with Crippen LogP contribution in [0.25, 0.3) is 64.7 Å². The number of ether oxygens (including phenoxy) is 2. The number of hydrogen-bond donors (Lipinski definition) is 0. The maximum absolute atomic E-state index is 6.74. The highest BCUT2D eigenvalue weighted by Crippen LogP contribution is 2.66. The minimum absolute atomic E-state index is 0.549. The number of rotatable bonds is 5. The van der Waals surface area contributed by atoms with Crippen LogP contribution >= 0.6 is 11.3 Å². The molecule has 0 amide bonds. The lowest BCUT2D eigenvalue weighted by Gasteiger charge is -2.39. The van der Waals surface area contributed by atoms with Gasteiger partial charge >= 0.3 is 0 Å². The molecule has 0 bridgehead atoms. The fourth-order valence-electron chi connectivity index (χ4n) is 14.1. The molecule has 364 valence electrons. The van der Waals surface area contributed by atoms with Crippen LogP contribution in [0.3, 0.4) is 0 Å².